The van der Waals surface area contributed by atoms with Crippen LogP contribution in [0.25, 0.3) is 0 Å². The Morgan fingerprint density at radius 1 is 1.53 bits per heavy atom. The third-order valence-electron chi connectivity index (χ3n) is 2.38. The Morgan fingerprint density at radius 2 is 2.20 bits per heavy atom. The highest BCUT2D eigenvalue weighted by Gasteiger charge is 2.16. The van der Waals surface area contributed by atoms with E-state index in [1.54, 1.807) is 7.11 Å². The molecular weight excluding hydrogens is 258 g/mol. The SMILES string of the molecule is COc1c(Br)ccc(C)c1C(N)CCO. The molecular formula is C11H16BrNO2. The molecule has 84 valence electrons. The van der Waals surface area contributed by atoms with Gasteiger partial charge in [0, 0.05) is 18.2 Å². The van der Waals surface area contributed by atoms with Crippen LogP contribution in [-0.4, -0.2) is 18.8 Å². The number of hydrogen-bond acceptors (Lipinski definition) is 3. The summed E-state index contributed by atoms with van der Waals surface area (Å²) in [5.41, 5.74) is 8.03. The molecule has 15 heavy (non-hydrogen) atoms. The topological polar surface area (TPSA) is 55.5 Å². The Labute approximate surface area is 98.4 Å². The van der Waals surface area contributed by atoms with Crippen molar-refractivity contribution in [1.29, 1.82) is 0 Å². The van der Waals surface area contributed by atoms with E-state index >= 15 is 0 Å². The first-order valence-electron chi connectivity index (χ1n) is 4.81. The van der Waals surface area contributed by atoms with E-state index in [9.17, 15) is 0 Å². The van der Waals surface area contributed by atoms with E-state index in [1.165, 1.54) is 0 Å². The van der Waals surface area contributed by atoms with Crippen LogP contribution in [-0.2, 0) is 0 Å². The molecule has 0 heterocycles. The summed E-state index contributed by atoms with van der Waals surface area (Å²) in [4.78, 5) is 0. The Bertz CT molecular complexity index is 342. The fourth-order valence-electron chi connectivity index (χ4n) is 1.62. The lowest BCUT2D eigenvalue weighted by Gasteiger charge is -2.18. The van der Waals surface area contributed by atoms with E-state index in [1.807, 2.05) is 19.1 Å². The molecule has 1 unspecified atom stereocenters. The minimum atomic E-state index is -0.192. The number of aryl methyl sites for hydroxylation is 1. The molecule has 3 N–H and O–H groups in total. The molecule has 0 aromatic heterocycles. The third kappa shape index (κ3) is 2.71. The maximum Gasteiger partial charge on any atom is 0.138 e. The maximum atomic E-state index is 8.89. The second kappa shape index (κ2) is 5.49. The van der Waals surface area contributed by atoms with Crippen LogP contribution >= 0.6 is 15.9 Å². The average Bonchev–Trinajstić information content (AvgIpc) is 2.21. The van der Waals surface area contributed by atoms with Gasteiger partial charge in [0.2, 0.25) is 0 Å². The van der Waals surface area contributed by atoms with Crippen molar-refractivity contribution in [2.24, 2.45) is 5.73 Å². The average molecular weight is 274 g/mol. The maximum absolute atomic E-state index is 8.89. The number of aliphatic hydroxyl groups is 1. The Hall–Kier alpha value is -0.580. The molecule has 0 saturated carbocycles. The summed E-state index contributed by atoms with van der Waals surface area (Å²) in [5, 5.41) is 8.89. The summed E-state index contributed by atoms with van der Waals surface area (Å²) in [6.07, 6.45) is 0.535. The lowest BCUT2D eigenvalue weighted by molar-refractivity contribution is 0.275. The van der Waals surface area contributed by atoms with Gasteiger partial charge in [0.05, 0.1) is 11.6 Å². The predicted molar refractivity (Wildman–Crippen MR) is 64.1 cm³/mol. The molecule has 3 nitrogen and oxygen atoms in total. The molecule has 0 aliphatic carbocycles. The van der Waals surface area contributed by atoms with Crippen LogP contribution < -0.4 is 10.5 Å². The monoisotopic (exact) mass is 273 g/mol. The van der Waals surface area contributed by atoms with Crippen LogP contribution in [0.4, 0.5) is 0 Å². The summed E-state index contributed by atoms with van der Waals surface area (Å²) in [6.45, 7) is 2.07. The number of benzene rings is 1. The number of aliphatic hydroxyl groups excluding tert-OH is 1. The van der Waals surface area contributed by atoms with Crippen LogP contribution in [0.1, 0.15) is 23.6 Å². The van der Waals surface area contributed by atoms with Crippen molar-refractivity contribution < 1.29 is 9.84 Å². The van der Waals surface area contributed by atoms with Crippen molar-refractivity contribution in [3.8, 4) is 5.75 Å². The van der Waals surface area contributed by atoms with Crippen LogP contribution in [0, 0.1) is 6.92 Å². The molecule has 0 bridgehead atoms. The fourth-order valence-corrected chi connectivity index (χ4v) is 2.13. The number of hydrogen-bond donors (Lipinski definition) is 2. The van der Waals surface area contributed by atoms with Gasteiger partial charge in [-0.3, -0.25) is 0 Å². The molecule has 1 aromatic rings. The quantitative estimate of drug-likeness (QED) is 0.884. The summed E-state index contributed by atoms with van der Waals surface area (Å²) in [7, 11) is 1.62. The molecule has 0 saturated heterocycles. The van der Waals surface area contributed by atoms with E-state index < -0.39 is 0 Å². The van der Waals surface area contributed by atoms with Gasteiger partial charge in [0.1, 0.15) is 5.75 Å². The molecule has 0 spiro atoms. The number of halogens is 1. The van der Waals surface area contributed by atoms with Gasteiger partial charge >= 0.3 is 0 Å². The first-order chi connectivity index (χ1) is 7.11. The van der Waals surface area contributed by atoms with Gasteiger partial charge in [-0.15, -0.1) is 0 Å². The van der Waals surface area contributed by atoms with Crippen LogP contribution in [0.5, 0.6) is 5.75 Å². The molecule has 1 rings (SSSR count). The zero-order valence-corrected chi connectivity index (χ0v) is 10.5. The Balaban J connectivity index is 3.18. The lowest BCUT2D eigenvalue weighted by atomic mass is 9.98. The lowest BCUT2D eigenvalue weighted by Crippen LogP contribution is -2.14. The van der Waals surface area contributed by atoms with Gasteiger partial charge < -0.3 is 15.6 Å². The van der Waals surface area contributed by atoms with Crippen molar-refractivity contribution in [3.05, 3.63) is 27.7 Å². The van der Waals surface area contributed by atoms with E-state index in [2.05, 4.69) is 15.9 Å². The summed E-state index contributed by atoms with van der Waals surface area (Å²) >= 11 is 3.42. The predicted octanol–water partition coefficient (Wildman–Crippen LogP) is 2.15. The molecule has 4 heteroatoms. The minimum absolute atomic E-state index is 0.0796. The molecule has 1 atom stereocenters. The smallest absolute Gasteiger partial charge is 0.138 e. The van der Waals surface area contributed by atoms with Crippen LogP contribution in [0.2, 0.25) is 0 Å². The first-order valence-corrected chi connectivity index (χ1v) is 5.60. The largest absolute Gasteiger partial charge is 0.495 e. The zero-order valence-electron chi connectivity index (χ0n) is 8.96. The normalized spacial score (nSPS) is 12.6. The highest BCUT2D eigenvalue weighted by Crippen LogP contribution is 2.35. The summed E-state index contributed by atoms with van der Waals surface area (Å²) in [6, 6.07) is 3.73. The molecule has 0 amide bonds. The van der Waals surface area contributed by atoms with Crippen molar-refractivity contribution in [2.75, 3.05) is 13.7 Å². The number of rotatable bonds is 4. The van der Waals surface area contributed by atoms with Gasteiger partial charge in [0.15, 0.2) is 0 Å². The fraction of sp³-hybridized carbons (Fsp3) is 0.455. The summed E-state index contributed by atoms with van der Waals surface area (Å²) in [5.74, 6) is 0.760. The minimum Gasteiger partial charge on any atom is -0.495 e. The van der Waals surface area contributed by atoms with E-state index in [0.717, 1.165) is 21.3 Å². The van der Waals surface area contributed by atoms with Gasteiger partial charge in [-0.2, -0.15) is 0 Å². The molecule has 0 aliphatic heterocycles. The number of methoxy groups -OCH3 is 1. The van der Waals surface area contributed by atoms with Gasteiger partial charge in [-0.25, -0.2) is 0 Å². The van der Waals surface area contributed by atoms with E-state index in [-0.39, 0.29) is 12.6 Å². The zero-order chi connectivity index (χ0) is 11.4. The van der Waals surface area contributed by atoms with Crippen LogP contribution in [0.15, 0.2) is 16.6 Å². The second-order valence-electron chi connectivity index (χ2n) is 3.43. The highest BCUT2D eigenvalue weighted by molar-refractivity contribution is 9.10. The van der Waals surface area contributed by atoms with Crippen molar-refractivity contribution in [1.82, 2.24) is 0 Å². The van der Waals surface area contributed by atoms with Gasteiger partial charge in [-0.1, -0.05) is 6.07 Å². The number of ether oxygens (including phenoxy) is 1. The van der Waals surface area contributed by atoms with Gasteiger partial charge in [-0.05, 0) is 40.9 Å². The van der Waals surface area contributed by atoms with Crippen molar-refractivity contribution in [2.45, 2.75) is 19.4 Å². The van der Waals surface area contributed by atoms with E-state index in [4.69, 9.17) is 15.6 Å². The molecule has 0 fully saturated rings. The Morgan fingerprint density at radius 3 is 2.73 bits per heavy atom. The first kappa shape index (κ1) is 12.5. The van der Waals surface area contributed by atoms with Crippen LogP contribution in [0.3, 0.4) is 0 Å². The standard InChI is InChI=1S/C11H16BrNO2/c1-7-3-4-8(12)11(15-2)10(7)9(13)5-6-14/h3-4,9,14H,5-6,13H2,1-2H3. The number of nitrogens with two attached hydrogens (primary N) is 1. The summed E-state index contributed by atoms with van der Waals surface area (Å²) < 4.78 is 6.20. The highest BCUT2D eigenvalue weighted by atomic mass is 79.9. The molecule has 0 aliphatic rings. The Kier molecular flexibility index (Phi) is 4.57. The van der Waals surface area contributed by atoms with Gasteiger partial charge in [0.25, 0.3) is 0 Å². The third-order valence-corrected chi connectivity index (χ3v) is 3.01. The van der Waals surface area contributed by atoms with Crippen molar-refractivity contribution >= 4 is 15.9 Å². The molecule has 0 radical (unpaired) electrons. The molecule has 1 aromatic carbocycles. The second-order valence-corrected chi connectivity index (χ2v) is 4.28. The van der Waals surface area contributed by atoms with E-state index in [0.29, 0.717) is 6.42 Å². The van der Waals surface area contributed by atoms with Crippen molar-refractivity contribution in [3.63, 3.8) is 0 Å².